The quantitative estimate of drug-likeness (QED) is 0.496. The molecule has 1 unspecified atom stereocenters. The highest BCUT2D eigenvalue weighted by molar-refractivity contribution is 7.89. The number of rotatable bonds is 5. The lowest BCUT2D eigenvalue weighted by Crippen LogP contribution is -2.20. The molecule has 2 aromatic carbocycles. The number of nitrogens with one attached hydrogen (secondary N) is 2. The van der Waals surface area contributed by atoms with E-state index in [1.165, 1.54) is 35.0 Å². The molecule has 13 heteroatoms. The summed E-state index contributed by atoms with van der Waals surface area (Å²) >= 11 is 0. The second-order valence-electron chi connectivity index (χ2n) is 7.33. The van der Waals surface area contributed by atoms with Crippen LogP contribution in [0.25, 0.3) is 16.8 Å². The summed E-state index contributed by atoms with van der Waals surface area (Å²) in [4.78, 5) is 17.9. The van der Waals surface area contributed by atoms with Crippen LogP contribution >= 0.6 is 0 Å². The molecule has 34 heavy (non-hydrogen) atoms. The summed E-state index contributed by atoms with van der Waals surface area (Å²) in [5, 5.41) is 18.9. The fourth-order valence-corrected chi connectivity index (χ4v) is 4.32. The molecule has 1 aliphatic heterocycles. The van der Waals surface area contributed by atoms with Crippen LogP contribution in [0.3, 0.4) is 0 Å². The number of carbonyl (C=O) groups is 1. The van der Waals surface area contributed by atoms with Gasteiger partial charge in [-0.1, -0.05) is 24.3 Å². The Morgan fingerprint density at radius 1 is 1.24 bits per heavy atom. The molecule has 0 fully saturated rings. The van der Waals surface area contributed by atoms with Crippen molar-refractivity contribution in [3.05, 3.63) is 84.1 Å². The van der Waals surface area contributed by atoms with E-state index >= 15 is 0 Å². The molecule has 11 nitrogen and oxygen atoms in total. The van der Waals surface area contributed by atoms with Crippen LogP contribution in [-0.4, -0.2) is 40.6 Å². The van der Waals surface area contributed by atoms with Gasteiger partial charge in [-0.3, -0.25) is 15.1 Å². The minimum atomic E-state index is -4.02. The van der Waals surface area contributed by atoms with Crippen LogP contribution in [0.1, 0.15) is 10.6 Å². The number of benzene rings is 2. The molecule has 3 aromatic rings. The average Bonchev–Trinajstić information content (AvgIpc) is 3.49. The number of sulfonamides is 1. The first-order chi connectivity index (χ1) is 16.3. The number of nitrogens with two attached hydrogens (primary N) is 1. The minimum Gasteiger partial charge on any atom is -0.317 e. The predicted molar refractivity (Wildman–Crippen MR) is 118 cm³/mol. The van der Waals surface area contributed by atoms with E-state index in [-0.39, 0.29) is 33.6 Å². The predicted octanol–water partition coefficient (Wildman–Crippen LogP) is 1.58. The Balaban J connectivity index is 1.41. The van der Waals surface area contributed by atoms with Crippen molar-refractivity contribution in [1.29, 1.82) is 0 Å². The van der Waals surface area contributed by atoms with E-state index in [1.807, 2.05) is 0 Å². The van der Waals surface area contributed by atoms with Gasteiger partial charge in [0.15, 0.2) is 0 Å². The summed E-state index contributed by atoms with van der Waals surface area (Å²) in [5.74, 6) is -1.69. The number of nitrogens with zero attached hydrogens (tertiary/aromatic N) is 4. The van der Waals surface area contributed by atoms with Gasteiger partial charge in [0.05, 0.1) is 16.3 Å². The van der Waals surface area contributed by atoms with Crippen molar-refractivity contribution in [3.8, 4) is 11.1 Å². The van der Waals surface area contributed by atoms with E-state index in [1.54, 1.807) is 30.5 Å². The number of allylic oxidation sites excluding steroid dienone is 2. The summed E-state index contributed by atoms with van der Waals surface area (Å²) in [6.07, 6.45) is 6.63. The molecular formula is C21H16FN7O4S. The number of fused-ring (bicyclic) bond motifs is 1. The zero-order valence-corrected chi connectivity index (χ0v) is 18.0. The van der Waals surface area contributed by atoms with Crippen molar-refractivity contribution in [2.75, 3.05) is 5.32 Å². The Morgan fingerprint density at radius 3 is 2.85 bits per heavy atom. The van der Waals surface area contributed by atoms with Crippen molar-refractivity contribution in [2.24, 2.45) is 5.14 Å². The SMILES string of the molecule is NS(=O)(=O)c1ccccc1-c1ccc(NC(=O)c2nnnn2C2=CC3=CNOC3C=C2)c(F)c1. The number of amides is 1. The van der Waals surface area contributed by atoms with Crippen LogP contribution in [-0.2, 0) is 14.9 Å². The van der Waals surface area contributed by atoms with E-state index in [2.05, 4.69) is 26.3 Å². The van der Waals surface area contributed by atoms with Gasteiger partial charge in [0.1, 0.15) is 11.9 Å². The molecule has 0 spiro atoms. The number of tetrazole rings is 1. The molecule has 172 valence electrons. The van der Waals surface area contributed by atoms with E-state index in [0.29, 0.717) is 5.70 Å². The highest BCUT2D eigenvalue weighted by Gasteiger charge is 2.24. The van der Waals surface area contributed by atoms with E-state index < -0.39 is 21.7 Å². The molecule has 1 aliphatic carbocycles. The third kappa shape index (κ3) is 3.98. The molecular weight excluding hydrogens is 465 g/mol. The molecule has 2 aliphatic rings. The number of halogens is 1. The fourth-order valence-electron chi connectivity index (χ4n) is 3.55. The highest BCUT2D eigenvalue weighted by atomic mass is 32.2. The van der Waals surface area contributed by atoms with E-state index in [9.17, 15) is 17.6 Å². The summed E-state index contributed by atoms with van der Waals surface area (Å²) in [5.41, 5.74) is 4.36. The van der Waals surface area contributed by atoms with Crippen molar-refractivity contribution in [2.45, 2.75) is 11.0 Å². The molecule has 0 saturated carbocycles. The van der Waals surface area contributed by atoms with Crippen LogP contribution in [0.15, 0.2) is 77.4 Å². The van der Waals surface area contributed by atoms with Gasteiger partial charge in [-0.15, -0.1) is 5.10 Å². The molecule has 2 heterocycles. The highest BCUT2D eigenvalue weighted by Crippen LogP contribution is 2.29. The number of hydroxylamine groups is 1. The lowest BCUT2D eigenvalue weighted by atomic mass is 10.0. The van der Waals surface area contributed by atoms with Crippen LogP contribution in [0.4, 0.5) is 10.1 Å². The summed E-state index contributed by atoms with van der Waals surface area (Å²) in [6.45, 7) is 0. The number of carbonyl (C=O) groups excluding carboxylic acids is 1. The summed E-state index contributed by atoms with van der Waals surface area (Å²) < 4.78 is 39.8. The third-order valence-electron chi connectivity index (χ3n) is 5.14. The standard InChI is InChI=1S/C21H16FN7O4S/c22-16-10-12(15-3-1-2-4-19(15)34(23,31)32)5-7-17(16)25-21(30)20-26-27-28-29(20)14-6-8-18-13(9-14)11-24-33-18/h1-11,18,24H,(H,25,30)(H2,23,31,32). The molecule has 1 aromatic heterocycles. The van der Waals surface area contributed by atoms with Crippen LogP contribution in [0.2, 0.25) is 0 Å². The Hall–Kier alpha value is -4.20. The minimum absolute atomic E-state index is 0.138. The van der Waals surface area contributed by atoms with Crippen molar-refractivity contribution in [3.63, 3.8) is 0 Å². The van der Waals surface area contributed by atoms with Crippen LogP contribution in [0.5, 0.6) is 0 Å². The zero-order chi connectivity index (χ0) is 23.9. The van der Waals surface area contributed by atoms with Crippen molar-refractivity contribution in [1.82, 2.24) is 25.7 Å². The van der Waals surface area contributed by atoms with Crippen molar-refractivity contribution >= 4 is 27.3 Å². The largest absolute Gasteiger partial charge is 0.317 e. The Bertz CT molecular complexity index is 1510. The second-order valence-corrected chi connectivity index (χ2v) is 8.86. The molecule has 4 N–H and O–H groups in total. The van der Waals surface area contributed by atoms with E-state index in [4.69, 9.17) is 9.98 Å². The summed E-state index contributed by atoms with van der Waals surface area (Å²) in [7, 11) is -4.02. The van der Waals surface area contributed by atoms with Gasteiger partial charge in [-0.25, -0.2) is 17.9 Å². The molecule has 0 radical (unpaired) electrons. The normalized spacial score (nSPS) is 16.9. The van der Waals surface area contributed by atoms with Gasteiger partial charge in [-0.05, 0) is 52.4 Å². The van der Waals surface area contributed by atoms with Gasteiger partial charge in [0.25, 0.3) is 5.91 Å². The lowest BCUT2D eigenvalue weighted by Gasteiger charge is -2.14. The van der Waals surface area contributed by atoms with Gasteiger partial charge in [-0.2, -0.15) is 4.68 Å². The van der Waals surface area contributed by atoms with E-state index in [0.717, 1.165) is 11.6 Å². The maximum absolute atomic E-state index is 14.9. The first-order valence-electron chi connectivity index (χ1n) is 9.84. The van der Waals surface area contributed by atoms with Crippen molar-refractivity contribution < 1.29 is 22.4 Å². The van der Waals surface area contributed by atoms with Gasteiger partial charge in [0.2, 0.25) is 15.8 Å². The first kappa shape index (κ1) is 21.6. The Morgan fingerprint density at radius 2 is 2.06 bits per heavy atom. The van der Waals surface area contributed by atoms with Gasteiger partial charge < -0.3 is 5.32 Å². The monoisotopic (exact) mass is 481 g/mol. The smallest absolute Gasteiger partial charge is 0.295 e. The Kier molecular flexibility index (Phi) is 5.28. The fraction of sp³-hybridized carbons (Fsp3) is 0.0476. The van der Waals surface area contributed by atoms with Gasteiger partial charge >= 0.3 is 0 Å². The summed E-state index contributed by atoms with van der Waals surface area (Å²) in [6, 6.07) is 9.86. The lowest BCUT2D eigenvalue weighted by molar-refractivity contribution is 0.0709. The number of anilines is 1. The first-order valence-corrected chi connectivity index (χ1v) is 11.4. The topological polar surface area (TPSA) is 154 Å². The third-order valence-corrected chi connectivity index (χ3v) is 6.11. The molecule has 1 amide bonds. The van der Waals surface area contributed by atoms with Crippen LogP contribution in [0, 0.1) is 5.82 Å². The molecule has 1 atom stereocenters. The maximum atomic E-state index is 14.9. The Labute approximate surface area is 192 Å². The second kappa shape index (κ2) is 8.30. The number of hydrogen-bond acceptors (Lipinski definition) is 8. The molecule has 5 rings (SSSR count). The molecule has 0 saturated heterocycles. The zero-order valence-electron chi connectivity index (χ0n) is 17.2. The molecule has 0 bridgehead atoms. The average molecular weight is 481 g/mol. The van der Waals surface area contributed by atoms with Gasteiger partial charge in [0, 0.05) is 17.3 Å². The number of aromatic nitrogens is 4. The van der Waals surface area contributed by atoms with Crippen LogP contribution < -0.4 is 15.9 Å². The number of primary sulfonamides is 1. The maximum Gasteiger partial charge on any atom is 0.295 e. The number of hydrogen-bond donors (Lipinski definition) is 3.